The molecule has 0 spiro atoms. The zero-order chi connectivity index (χ0) is 22.8. The quantitative estimate of drug-likeness (QED) is 0.441. The van der Waals surface area contributed by atoms with Gasteiger partial charge in [0, 0.05) is 35.6 Å². The summed E-state index contributed by atoms with van der Waals surface area (Å²) in [5.74, 6) is 1.08. The summed E-state index contributed by atoms with van der Waals surface area (Å²) in [7, 11) is 0. The number of hydrogen-bond acceptors (Lipinski definition) is 4. The van der Waals surface area contributed by atoms with Crippen molar-refractivity contribution < 1.29 is 4.39 Å². The number of anilines is 1. The van der Waals surface area contributed by atoms with E-state index in [1.54, 1.807) is 6.20 Å². The van der Waals surface area contributed by atoms with Crippen LogP contribution in [0.2, 0.25) is 0 Å². The van der Waals surface area contributed by atoms with E-state index in [-0.39, 0.29) is 5.82 Å². The molecule has 2 N–H and O–H groups in total. The number of H-pyrrole nitrogens is 1. The molecule has 30 heavy (non-hydrogen) atoms. The van der Waals surface area contributed by atoms with Crippen molar-refractivity contribution in [1.29, 1.82) is 0 Å². The molecule has 2 aromatic heterocycles. The van der Waals surface area contributed by atoms with Crippen molar-refractivity contribution in [3.8, 4) is 11.1 Å². The van der Waals surface area contributed by atoms with Crippen molar-refractivity contribution >= 4 is 28.4 Å². The van der Waals surface area contributed by atoms with Gasteiger partial charge in [0.2, 0.25) is 5.95 Å². The molecular weight excluding hydrogens is 377 g/mol. The maximum Gasteiger partial charge on any atom is 0.224 e. The van der Waals surface area contributed by atoms with E-state index in [9.17, 15) is 4.39 Å². The van der Waals surface area contributed by atoms with Gasteiger partial charge in [-0.2, -0.15) is 4.98 Å². The summed E-state index contributed by atoms with van der Waals surface area (Å²) in [4.78, 5) is 16.1. The second kappa shape index (κ2) is 12.1. The first-order valence-corrected chi connectivity index (χ1v) is 10.6. The van der Waals surface area contributed by atoms with Gasteiger partial charge in [-0.05, 0) is 56.9 Å². The molecule has 0 saturated heterocycles. The van der Waals surface area contributed by atoms with Crippen molar-refractivity contribution in [3.05, 3.63) is 35.9 Å². The number of aryl methyl sites for hydroxylation is 1. The SMILES string of the molecule is CC.CC(C)C.CCNc1ncc2c(-c3cc(C)c(N=C(C)C)c(F)c3)c[nH]c2n1. The number of aromatic amines is 1. The lowest BCUT2D eigenvalue weighted by Crippen LogP contribution is -2.01. The Morgan fingerprint density at radius 3 is 2.37 bits per heavy atom. The van der Waals surface area contributed by atoms with Gasteiger partial charge in [-0.15, -0.1) is 0 Å². The fraction of sp³-hybridized carbons (Fsp3) is 0.458. The van der Waals surface area contributed by atoms with Crippen LogP contribution in [0, 0.1) is 18.7 Å². The minimum absolute atomic E-state index is 0.328. The monoisotopic (exact) mass is 413 g/mol. The molecule has 0 amide bonds. The van der Waals surface area contributed by atoms with Gasteiger partial charge < -0.3 is 10.3 Å². The highest BCUT2D eigenvalue weighted by Gasteiger charge is 2.13. The molecule has 0 bridgehead atoms. The van der Waals surface area contributed by atoms with Crippen LogP contribution in [0.5, 0.6) is 0 Å². The molecule has 0 radical (unpaired) electrons. The number of fused-ring (bicyclic) bond motifs is 1. The van der Waals surface area contributed by atoms with E-state index in [2.05, 4.69) is 46.0 Å². The van der Waals surface area contributed by atoms with Gasteiger partial charge in [-0.1, -0.05) is 34.6 Å². The number of aromatic nitrogens is 3. The van der Waals surface area contributed by atoms with Gasteiger partial charge in [0.1, 0.15) is 17.2 Å². The van der Waals surface area contributed by atoms with Crippen LogP contribution in [0.15, 0.2) is 29.5 Å². The van der Waals surface area contributed by atoms with Crippen LogP contribution in [-0.4, -0.2) is 27.2 Å². The maximum atomic E-state index is 14.5. The van der Waals surface area contributed by atoms with E-state index < -0.39 is 0 Å². The second-order valence-corrected chi connectivity index (χ2v) is 7.60. The average molecular weight is 414 g/mol. The number of halogens is 1. The van der Waals surface area contributed by atoms with Crippen LogP contribution in [0.25, 0.3) is 22.2 Å². The summed E-state index contributed by atoms with van der Waals surface area (Å²) in [6.07, 6.45) is 3.58. The Morgan fingerprint density at radius 2 is 1.83 bits per heavy atom. The molecule has 0 saturated carbocycles. The van der Waals surface area contributed by atoms with Gasteiger partial charge in [-0.25, -0.2) is 9.37 Å². The summed E-state index contributed by atoms with van der Waals surface area (Å²) in [6, 6.07) is 3.45. The summed E-state index contributed by atoms with van der Waals surface area (Å²) in [5.41, 5.74) is 4.39. The zero-order valence-corrected chi connectivity index (χ0v) is 19.8. The zero-order valence-electron chi connectivity index (χ0n) is 19.8. The highest BCUT2D eigenvalue weighted by atomic mass is 19.1. The fourth-order valence-corrected chi connectivity index (χ4v) is 2.65. The first-order chi connectivity index (χ1) is 14.2. The van der Waals surface area contributed by atoms with E-state index in [1.165, 1.54) is 6.07 Å². The Kier molecular flexibility index (Phi) is 10.2. The van der Waals surface area contributed by atoms with Crippen LogP contribution in [-0.2, 0) is 0 Å². The topological polar surface area (TPSA) is 66.0 Å². The first kappa shape index (κ1) is 25.3. The van der Waals surface area contributed by atoms with Crippen molar-refractivity contribution in [3.63, 3.8) is 0 Å². The molecule has 6 heteroatoms. The summed E-state index contributed by atoms with van der Waals surface area (Å²) >= 11 is 0. The number of benzene rings is 1. The van der Waals surface area contributed by atoms with E-state index in [0.717, 1.165) is 45.9 Å². The number of aliphatic imine (C=N–C) groups is 1. The molecule has 0 unspecified atom stereocenters. The Labute approximate surface area is 180 Å². The van der Waals surface area contributed by atoms with Crippen LogP contribution >= 0.6 is 0 Å². The van der Waals surface area contributed by atoms with Crippen molar-refractivity contribution in [1.82, 2.24) is 15.0 Å². The molecule has 1 aromatic carbocycles. The summed E-state index contributed by atoms with van der Waals surface area (Å²) in [6.45, 7) is 18.8. The van der Waals surface area contributed by atoms with Crippen LogP contribution in [0.3, 0.4) is 0 Å². The Bertz CT molecular complexity index is 943. The summed E-state index contributed by atoms with van der Waals surface area (Å²) < 4.78 is 14.5. The van der Waals surface area contributed by atoms with Crippen molar-refractivity contribution in [2.45, 2.75) is 62.3 Å². The third-order valence-corrected chi connectivity index (χ3v) is 3.67. The lowest BCUT2D eigenvalue weighted by atomic mass is 10.0. The molecule has 5 nitrogen and oxygen atoms in total. The van der Waals surface area contributed by atoms with Crippen LogP contribution in [0.4, 0.5) is 16.0 Å². The fourth-order valence-electron chi connectivity index (χ4n) is 2.65. The molecule has 0 aliphatic heterocycles. The number of nitrogens with one attached hydrogen (secondary N) is 2. The van der Waals surface area contributed by atoms with Gasteiger partial charge in [-0.3, -0.25) is 4.99 Å². The molecular formula is C24H36FN5. The van der Waals surface area contributed by atoms with E-state index in [1.807, 2.05) is 53.8 Å². The van der Waals surface area contributed by atoms with Gasteiger partial charge in [0.15, 0.2) is 0 Å². The number of rotatable bonds is 4. The average Bonchev–Trinajstić information content (AvgIpc) is 3.09. The molecule has 0 aliphatic carbocycles. The van der Waals surface area contributed by atoms with Gasteiger partial charge >= 0.3 is 0 Å². The maximum absolute atomic E-state index is 14.5. The molecule has 2 heterocycles. The van der Waals surface area contributed by atoms with Crippen LogP contribution in [0.1, 0.15) is 61.0 Å². The number of hydrogen-bond donors (Lipinski definition) is 2. The molecule has 3 rings (SSSR count). The van der Waals surface area contributed by atoms with Gasteiger partial charge in [0.25, 0.3) is 0 Å². The lowest BCUT2D eigenvalue weighted by molar-refractivity contribution is 0.629. The highest BCUT2D eigenvalue weighted by Crippen LogP contribution is 2.33. The Balaban J connectivity index is 0.000000673. The molecule has 164 valence electrons. The standard InChI is InChI=1S/C18H20FN5.C4H10.C2H6/c1-5-20-18-22-9-14-13(8-21-17(14)24-18)12-6-11(4)16(15(19)7-12)23-10(2)3;1-4(2)3;1-2/h6-9H,5H2,1-4H3,(H2,20,21,22,24);4H,1-3H3;1-2H3. The normalized spacial score (nSPS) is 10.1. The summed E-state index contributed by atoms with van der Waals surface area (Å²) in [5, 5.41) is 3.94. The number of nitrogens with zero attached hydrogens (tertiary/aromatic N) is 3. The first-order valence-electron chi connectivity index (χ1n) is 10.6. The van der Waals surface area contributed by atoms with E-state index in [4.69, 9.17) is 0 Å². The van der Waals surface area contributed by atoms with E-state index in [0.29, 0.717) is 11.6 Å². The molecule has 0 aliphatic rings. The lowest BCUT2D eigenvalue weighted by Gasteiger charge is -2.07. The Hall–Kier alpha value is -2.76. The van der Waals surface area contributed by atoms with Crippen molar-refractivity contribution in [2.75, 3.05) is 11.9 Å². The minimum Gasteiger partial charge on any atom is -0.354 e. The van der Waals surface area contributed by atoms with E-state index >= 15 is 0 Å². The van der Waals surface area contributed by atoms with Crippen molar-refractivity contribution in [2.24, 2.45) is 10.9 Å². The highest BCUT2D eigenvalue weighted by molar-refractivity contribution is 5.94. The van der Waals surface area contributed by atoms with Gasteiger partial charge in [0.05, 0.1) is 0 Å². The second-order valence-electron chi connectivity index (χ2n) is 7.60. The third-order valence-electron chi connectivity index (χ3n) is 3.67. The molecule has 0 fully saturated rings. The van der Waals surface area contributed by atoms with Crippen LogP contribution < -0.4 is 5.32 Å². The third kappa shape index (κ3) is 6.94. The smallest absolute Gasteiger partial charge is 0.224 e. The predicted molar refractivity (Wildman–Crippen MR) is 128 cm³/mol. The predicted octanol–water partition coefficient (Wildman–Crippen LogP) is 7.31. The Morgan fingerprint density at radius 1 is 1.20 bits per heavy atom. The molecule has 0 atom stereocenters. The molecule has 3 aromatic rings. The largest absolute Gasteiger partial charge is 0.354 e. The minimum atomic E-state index is -0.328.